The summed E-state index contributed by atoms with van der Waals surface area (Å²) in [7, 11) is 0. The van der Waals surface area contributed by atoms with Crippen LogP contribution in [0.3, 0.4) is 0 Å². The summed E-state index contributed by atoms with van der Waals surface area (Å²) in [6.45, 7) is 5.28. The second kappa shape index (κ2) is 4.02. The largest absolute Gasteiger partial charge is 0.341 e. The van der Waals surface area contributed by atoms with E-state index in [1.54, 1.807) is 0 Å². The standard InChI is InChI=1S/C13H22N2O/c1-9-5-6-14-12(9)13(16)15-7-10-3-2-4-11(10)8-15/h9-12,14H,2-8H2,1H3. The van der Waals surface area contributed by atoms with Gasteiger partial charge in [-0.25, -0.2) is 0 Å². The minimum atomic E-state index is 0.110. The van der Waals surface area contributed by atoms with Crippen molar-refractivity contribution >= 4 is 5.91 Å². The van der Waals surface area contributed by atoms with Crippen LogP contribution in [-0.4, -0.2) is 36.5 Å². The van der Waals surface area contributed by atoms with Crippen molar-refractivity contribution in [3.8, 4) is 0 Å². The van der Waals surface area contributed by atoms with E-state index in [0.717, 1.165) is 37.9 Å². The summed E-state index contributed by atoms with van der Waals surface area (Å²) in [5, 5.41) is 3.36. The van der Waals surface area contributed by atoms with E-state index < -0.39 is 0 Å². The zero-order valence-electron chi connectivity index (χ0n) is 10.1. The fourth-order valence-electron chi connectivity index (χ4n) is 3.78. The lowest BCUT2D eigenvalue weighted by Gasteiger charge is -2.23. The molecule has 2 aliphatic heterocycles. The van der Waals surface area contributed by atoms with Crippen LogP contribution in [0.15, 0.2) is 0 Å². The van der Waals surface area contributed by atoms with Gasteiger partial charge in [0.1, 0.15) is 0 Å². The molecule has 0 aromatic rings. The molecular weight excluding hydrogens is 200 g/mol. The van der Waals surface area contributed by atoms with Crippen LogP contribution in [-0.2, 0) is 4.79 Å². The van der Waals surface area contributed by atoms with E-state index in [1.165, 1.54) is 19.3 Å². The van der Waals surface area contributed by atoms with Crippen molar-refractivity contribution in [1.82, 2.24) is 10.2 Å². The highest BCUT2D eigenvalue weighted by molar-refractivity contribution is 5.82. The second-order valence-corrected chi connectivity index (χ2v) is 5.89. The molecule has 0 bridgehead atoms. The zero-order valence-corrected chi connectivity index (χ0v) is 10.1. The van der Waals surface area contributed by atoms with Crippen LogP contribution in [0.5, 0.6) is 0 Å². The Kier molecular flexibility index (Phi) is 2.66. The molecule has 3 nitrogen and oxygen atoms in total. The zero-order chi connectivity index (χ0) is 11.1. The summed E-state index contributed by atoms with van der Waals surface area (Å²) < 4.78 is 0. The Labute approximate surface area is 97.6 Å². The lowest BCUT2D eigenvalue weighted by molar-refractivity contribution is -0.133. The van der Waals surface area contributed by atoms with Gasteiger partial charge < -0.3 is 10.2 Å². The van der Waals surface area contributed by atoms with Gasteiger partial charge >= 0.3 is 0 Å². The van der Waals surface area contributed by atoms with Gasteiger partial charge in [0.15, 0.2) is 0 Å². The molecule has 16 heavy (non-hydrogen) atoms. The van der Waals surface area contributed by atoms with E-state index in [2.05, 4.69) is 17.1 Å². The number of rotatable bonds is 1. The van der Waals surface area contributed by atoms with Crippen LogP contribution in [0.4, 0.5) is 0 Å². The van der Waals surface area contributed by atoms with Crippen LogP contribution < -0.4 is 5.32 Å². The quantitative estimate of drug-likeness (QED) is 0.724. The molecule has 4 atom stereocenters. The Morgan fingerprint density at radius 2 is 1.88 bits per heavy atom. The predicted molar refractivity (Wildman–Crippen MR) is 63.0 cm³/mol. The number of amides is 1. The maximum Gasteiger partial charge on any atom is 0.240 e. The molecule has 0 aromatic carbocycles. The first-order valence-electron chi connectivity index (χ1n) is 6.78. The number of carbonyl (C=O) groups is 1. The van der Waals surface area contributed by atoms with E-state index in [1.807, 2.05) is 0 Å². The Hall–Kier alpha value is -0.570. The molecule has 90 valence electrons. The summed E-state index contributed by atoms with van der Waals surface area (Å²) in [5.74, 6) is 2.54. The highest BCUT2D eigenvalue weighted by Crippen LogP contribution is 2.38. The van der Waals surface area contributed by atoms with Gasteiger partial charge in [-0.3, -0.25) is 4.79 Å². The Morgan fingerprint density at radius 3 is 2.44 bits per heavy atom. The van der Waals surface area contributed by atoms with Crippen molar-refractivity contribution < 1.29 is 4.79 Å². The van der Waals surface area contributed by atoms with Crippen molar-refractivity contribution in [2.75, 3.05) is 19.6 Å². The molecule has 1 amide bonds. The number of likely N-dealkylation sites (tertiary alicyclic amines) is 1. The molecule has 1 saturated carbocycles. The lowest BCUT2D eigenvalue weighted by atomic mass is 10.0. The predicted octanol–water partition coefficient (Wildman–Crippen LogP) is 1.24. The fraction of sp³-hybridized carbons (Fsp3) is 0.923. The third-order valence-corrected chi connectivity index (χ3v) is 4.84. The topological polar surface area (TPSA) is 32.3 Å². The van der Waals surface area contributed by atoms with Crippen LogP contribution >= 0.6 is 0 Å². The highest BCUT2D eigenvalue weighted by atomic mass is 16.2. The molecule has 1 N–H and O–H groups in total. The van der Waals surface area contributed by atoms with Crippen LogP contribution in [0.25, 0.3) is 0 Å². The number of nitrogens with one attached hydrogen (secondary N) is 1. The number of fused-ring (bicyclic) bond motifs is 1. The van der Waals surface area contributed by atoms with E-state index in [0.29, 0.717) is 11.8 Å². The van der Waals surface area contributed by atoms with Gasteiger partial charge in [-0.2, -0.15) is 0 Å². The van der Waals surface area contributed by atoms with Crippen LogP contribution in [0, 0.1) is 17.8 Å². The van der Waals surface area contributed by atoms with Gasteiger partial charge in [-0.05, 0) is 43.6 Å². The summed E-state index contributed by atoms with van der Waals surface area (Å²) >= 11 is 0. The molecule has 2 saturated heterocycles. The Bertz CT molecular complexity index is 280. The van der Waals surface area contributed by atoms with Gasteiger partial charge in [0.05, 0.1) is 6.04 Å². The van der Waals surface area contributed by atoms with Gasteiger partial charge in [-0.15, -0.1) is 0 Å². The van der Waals surface area contributed by atoms with Gasteiger partial charge in [-0.1, -0.05) is 13.3 Å². The van der Waals surface area contributed by atoms with E-state index in [-0.39, 0.29) is 6.04 Å². The highest BCUT2D eigenvalue weighted by Gasteiger charge is 2.41. The van der Waals surface area contributed by atoms with E-state index in [4.69, 9.17) is 0 Å². The monoisotopic (exact) mass is 222 g/mol. The first-order valence-corrected chi connectivity index (χ1v) is 6.78. The SMILES string of the molecule is CC1CCNC1C(=O)N1CC2CCCC2C1. The van der Waals surface area contributed by atoms with Gasteiger partial charge in [0, 0.05) is 13.1 Å². The van der Waals surface area contributed by atoms with Crippen molar-refractivity contribution in [3.63, 3.8) is 0 Å². The molecular formula is C13H22N2O. The summed E-state index contributed by atoms with van der Waals surface area (Å²) in [5.41, 5.74) is 0. The maximum atomic E-state index is 12.4. The summed E-state index contributed by atoms with van der Waals surface area (Å²) in [6.07, 6.45) is 5.23. The molecule has 0 spiro atoms. The molecule has 4 unspecified atom stereocenters. The van der Waals surface area contributed by atoms with Crippen molar-refractivity contribution in [2.45, 2.75) is 38.6 Å². The van der Waals surface area contributed by atoms with Crippen LogP contribution in [0.1, 0.15) is 32.6 Å². The molecule has 3 aliphatic rings. The third-order valence-electron chi connectivity index (χ3n) is 4.84. The number of hydrogen-bond donors (Lipinski definition) is 1. The Morgan fingerprint density at radius 1 is 1.19 bits per heavy atom. The molecule has 2 heterocycles. The summed E-state index contributed by atoms with van der Waals surface area (Å²) in [6, 6.07) is 0.110. The molecule has 3 rings (SSSR count). The smallest absolute Gasteiger partial charge is 0.240 e. The van der Waals surface area contributed by atoms with Crippen molar-refractivity contribution in [2.24, 2.45) is 17.8 Å². The molecule has 0 radical (unpaired) electrons. The Balaban J connectivity index is 1.63. The molecule has 3 fully saturated rings. The van der Waals surface area contributed by atoms with E-state index >= 15 is 0 Å². The molecule has 1 aliphatic carbocycles. The van der Waals surface area contributed by atoms with Crippen molar-refractivity contribution in [3.05, 3.63) is 0 Å². The number of hydrogen-bond acceptors (Lipinski definition) is 2. The van der Waals surface area contributed by atoms with Gasteiger partial charge in [0.25, 0.3) is 0 Å². The van der Waals surface area contributed by atoms with Crippen LogP contribution in [0.2, 0.25) is 0 Å². The molecule has 0 aromatic heterocycles. The average Bonchev–Trinajstić information content (AvgIpc) is 2.89. The minimum Gasteiger partial charge on any atom is -0.341 e. The average molecular weight is 222 g/mol. The lowest BCUT2D eigenvalue weighted by Crippen LogP contribution is -2.45. The summed E-state index contributed by atoms with van der Waals surface area (Å²) in [4.78, 5) is 14.5. The first-order chi connectivity index (χ1) is 7.75. The van der Waals surface area contributed by atoms with Crippen molar-refractivity contribution in [1.29, 1.82) is 0 Å². The third kappa shape index (κ3) is 1.65. The second-order valence-electron chi connectivity index (χ2n) is 5.89. The maximum absolute atomic E-state index is 12.4. The molecule has 3 heteroatoms. The number of carbonyl (C=O) groups excluding carboxylic acids is 1. The normalized spacial score (nSPS) is 42.7. The fourth-order valence-corrected chi connectivity index (χ4v) is 3.78. The minimum absolute atomic E-state index is 0.110. The van der Waals surface area contributed by atoms with E-state index in [9.17, 15) is 4.79 Å². The number of nitrogens with zero attached hydrogens (tertiary/aromatic N) is 1. The first kappa shape index (κ1) is 10.6. The van der Waals surface area contributed by atoms with Gasteiger partial charge in [0.2, 0.25) is 5.91 Å².